The summed E-state index contributed by atoms with van der Waals surface area (Å²) in [5, 5.41) is 0. The monoisotopic (exact) mass is 166 g/mol. The average molecular weight is 166 g/mol. The van der Waals surface area contributed by atoms with E-state index in [2.05, 4.69) is 0 Å². The van der Waals surface area contributed by atoms with Gasteiger partial charge in [-0.3, -0.25) is 0 Å². The summed E-state index contributed by atoms with van der Waals surface area (Å²) in [6, 6.07) is 0. The van der Waals surface area contributed by atoms with Gasteiger partial charge < -0.3 is 0 Å². The third-order valence-corrected chi connectivity index (χ3v) is 3.93. The van der Waals surface area contributed by atoms with Crippen LogP contribution in [-0.4, -0.2) is 0 Å². The van der Waals surface area contributed by atoms with Crippen LogP contribution in [0.15, 0.2) is 0 Å². The van der Waals surface area contributed by atoms with E-state index < -0.39 is 0 Å². The van der Waals surface area contributed by atoms with Crippen molar-refractivity contribution in [3.63, 3.8) is 0 Å². The van der Waals surface area contributed by atoms with E-state index in [9.17, 15) is 0 Å². The summed E-state index contributed by atoms with van der Waals surface area (Å²) in [5.74, 6) is 2.24. The Morgan fingerprint density at radius 1 is 0.417 bits per heavy atom. The van der Waals surface area contributed by atoms with Crippen molar-refractivity contribution in [2.75, 3.05) is 0 Å². The first-order valence-corrected chi connectivity index (χ1v) is 5.95. The number of fused-ring (bicyclic) bond motifs is 3. The lowest BCUT2D eigenvalue weighted by atomic mass is 9.94. The molecule has 0 N–H and O–H groups in total. The molecule has 2 aliphatic rings. The van der Waals surface area contributed by atoms with E-state index in [4.69, 9.17) is 0 Å². The molecule has 0 nitrogen and oxygen atoms in total. The highest BCUT2D eigenvalue weighted by Crippen LogP contribution is 2.34. The van der Waals surface area contributed by atoms with Crippen LogP contribution in [0.2, 0.25) is 0 Å². The molecule has 0 aromatic rings. The lowest BCUT2D eigenvalue weighted by Crippen LogP contribution is -1.97. The zero-order chi connectivity index (χ0) is 8.23. The Bertz CT molecular complexity index is 114. The van der Waals surface area contributed by atoms with Crippen molar-refractivity contribution in [2.45, 2.75) is 64.2 Å². The standard InChI is InChI=1S/C12H22/c1-2-5-11-7-4-8-12(6-3-1)10-9-11/h11-12H,1-10H2. The van der Waals surface area contributed by atoms with Crippen molar-refractivity contribution >= 4 is 0 Å². The third kappa shape index (κ3) is 2.24. The molecule has 0 aliphatic heterocycles. The fraction of sp³-hybridized carbons (Fsp3) is 1.00. The molecular weight excluding hydrogens is 144 g/mol. The molecule has 0 spiro atoms. The molecule has 0 aromatic heterocycles. The molecule has 70 valence electrons. The Hall–Kier alpha value is 0. The van der Waals surface area contributed by atoms with Crippen LogP contribution < -0.4 is 0 Å². The van der Waals surface area contributed by atoms with Gasteiger partial charge in [-0.05, 0) is 11.8 Å². The summed E-state index contributed by atoms with van der Waals surface area (Å²) < 4.78 is 0. The molecule has 2 fully saturated rings. The Labute approximate surface area is 76.7 Å². The first-order valence-electron chi connectivity index (χ1n) is 5.95. The molecule has 2 atom stereocenters. The van der Waals surface area contributed by atoms with Crippen LogP contribution in [-0.2, 0) is 0 Å². The Morgan fingerprint density at radius 2 is 0.917 bits per heavy atom. The topological polar surface area (TPSA) is 0 Å². The van der Waals surface area contributed by atoms with Gasteiger partial charge in [-0.15, -0.1) is 0 Å². The van der Waals surface area contributed by atoms with Gasteiger partial charge in [-0.25, -0.2) is 0 Å². The zero-order valence-corrected chi connectivity index (χ0v) is 8.23. The smallest absolute Gasteiger partial charge is 0.0414 e. The summed E-state index contributed by atoms with van der Waals surface area (Å²) in [6.45, 7) is 0. The molecule has 0 heterocycles. The molecule has 0 radical (unpaired) electrons. The van der Waals surface area contributed by atoms with Gasteiger partial charge in [0.25, 0.3) is 0 Å². The molecule has 2 rings (SSSR count). The van der Waals surface area contributed by atoms with Crippen LogP contribution in [0.25, 0.3) is 0 Å². The summed E-state index contributed by atoms with van der Waals surface area (Å²) in [7, 11) is 0. The highest BCUT2D eigenvalue weighted by atomic mass is 14.3. The highest BCUT2D eigenvalue weighted by molar-refractivity contribution is 4.72. The van der Waals surface area contributed by atoms with E-state index in [0.29, 0.717) is 0 Å². The predicted octanol–water partition coefficient (Wildman–Crippen LogP) is 4.15. The van der Waals surface area contributed by atoms with Gasteiger partial charge in [0.05, 0.1) is 0 Å². The van der Waals surface area contributed by atoms with Gasteiger partial charge in [0.1, 0.15) is 0 Å². The predicted molar refractivity (Wildman–Crippen MR) is 53.2 cm³/mol. The van der Waals surface area contributed by atoms with Gasteiger partial charge in [0.15, 0.2) is 0 Å². The van der Waals surface area contributed by atoms with Gasteiger partial charge in [0.2, 0.25) is 0 Å². The quantitative estimate of drug-likeness (QED) is 0.507. The van der Waals surface area contributed by atoms with E-state index in [0.717, 1.165) is 11.8 Å². The van der Waals surface area contributed by atoms with Gasteiger partial charge in [-0.1, -0.05) is 64.2 Å². The van der Waals surface area contributed by atoms with Gasteiger partial charge in [-0.2, -0.15) is 0 Å². The molecule has 0 saturated heterocycles. The van der Waals surface area contributed by atoms with Crippen molar-refractivity contribution in [3.05, 3.63) is 0 Å². The van der Waals surface area contributed by atoms with Crippen LogP contribution in [0.5, 0.6) is 0 Å². The molecule has 2 bridgehead atoms. The maximum absolute atomic E-state index is 1.56. The van der Waals surface area contributed by atoms with E-state index in [-0.39, 0.29) is 0 Å². The van der Waals surface area contributed by atoms with E-state index in [1.807, 2.05) is 0 Å². The molecular formula is C12H22. The third-order valence-electron chi connectivity index (χ3n) is 3.93. The molecule has 0 amide bonds. The lowest BCUT2D eigenvalue weighted by molar-refractivity contribution is 0.410. The second-order valence-corrected chi connectivity index (χ2v) is 4.88. The molecule has 0 aromatic carbocycles. The second kappa shape index (κ2) is 4.30. The summed E-state index contributed by atoms with van der Waals surface area (Å²) in [6.07, 6.45) is 15.4. The largest absolute Gasteiger partial charge is 0.0533 e. The molecule has 2 aliphatic carbocycles. The van der Waals surface area contributed by atoms with Crippen LogP contribution in [0.1, 0.15) is 64.2 Å². The molecule has 12 heavy (non-hydrogen) atoms. The van der Waals surface area contributed by atoms with Crippen LogP contribution in [0.3, 0.4) is 0 Å². The number of rotatable bonds is 0. The van der Waals surface area contributed by atoms with Crippen molar-refractivity contribution < 1.29 is 0 Å². The zero-order valence-electron chi connectivity index (χ0n) is 8.23. The van der Waals surface area contributed by atoms with Crippen LogP contribution in [0.4, 0.5) is 0 Å². The fourth-order valence-electron chi connectivity index (χ4n) is 3.08. The maximum atomic E-state index is 1.56. The van der Waals surface area contributed by atoms with Gasteiger partial charge in [0, 0.05) is 0 Å². The molecule has 2 unspecified atom stereocenters. The van der Waals surface area contributed by atoms with Crippen LogP contribution in [0, 0.1) is 11.8 Å². The maximum Gasteiger partial charge on any atom is -0.0414 e. The normalized spacial score (nSPS) is 38.0. The first-order chi connectivity index (χ1) is 5.95. The minimum Gasteiger partial charge on any atom is -0.0533 e. The van der Waals surface area contributed by atoms with Crippen molar-refractivity contribution in [2.24, 2.45) is 11.8 Å². The lowest BCUT2D eigenvalue weighted by Gasteiger charge is -2.12. The van der Waals surface area contributed by atoms with Crippen LogP contribution >= 0.6 is 0 Å². The van der Waals surface area contributed by atoms with Crippen molar-refractivity contribution in [1.29, 1.82) is 0 Å². The summed E-state index contributed by atoms with van der Waals surface area (Å²) >= 11 is 0. The first kappa shape index (κ1) is 8.59. The van der Waals surface area contributed by atoms with Crippen molar-refractivity contribution in [3.8, 4) is 0 Å². The van der Waals surface area contributed by atoms with E-state index in [1.165, 1.54) is 25.7 Å². The van der Waals surface area contributed by atoms with E-state index >= 15 is 0 Å². The highest BCUT2D eigenvalue weighted by Gasteiger charge is 2.19. The van der Waals surface area contributed by atoms with Gasteiger partial charge >= 0.3 is 0 Å². The number of hydrogen-bond donors (Lipinski definition) is 0. The molecule has 2 saturated carbocycles. The Morgan fingerprint density at radius 3 is 1.50 bits per heavy atom. The minimum absolute atomic E-state index is 1.12. The minimum atomic E-state index is 1.12. The Balaban J connectivity index is 1.94. The SMILES string of the molecule is C1CCC2CCCC(CC1)CC2. The fourth-order valence-corrected chi connectivity index (χ4v) is 3.08. The Kier molecular flexibility index (Phi) is 3.08. The average Bonchev–Trinajstić information content (AvgIpc) is 2.25. The van der Waals surface area contributed by atoms with E-state index in [1.54, 1.807) is 38.5 Å². The summed E-state index contributed by atoms with van der Waals surface area (Å²) in [5.41, 5.74) is 0. The number of hydrogen-bond acceptors (Lipinski definition) is 0. The summed E-state index contributed by atoms with van der Waals surface area (Å²) in [4.78, 5) is 0. The van der Waals surface area contributed by atoms with Crippen molar-refractivity contribution in [1.82, 2.24) is 0 Å². The molecule has 0 heteroatoms. The second-order valence-electron chi connectivity index (χ2n) is 4.88.